The number of nitrogens with zero attached hydrogens (tertiary/aromatic N) is 1. The van der Waals surface area contributed by atoms with Gasteiger partial charge in [-0.05, 0) is 17.9 Å². The van der Waals surface area contributed by atoms with Crippen LogP contribution in [0.2, 0.25) is 0 Å². The van der Waals surface area contributed by atoms with E-state index in [0.717, 1.165) is 17.8 Å². The fourth-order valence-corrected chi connectivity index (χ4v) is 1.71. The average Bonchev–Trinajstić information content (AvgIpc) is 2.65. The minimum atomic E-state index is 0.686. The Balaban J connectivity index is 2.35. The van der Waals surface area contributed by atoms with Gasteiger partial charge in [-0.3, -0.25) is 4.99 Å². The van der Waals surface area contributed by atoms with Crippen molar-refractivity contribution >= 4 is 17.2 Å². The van der Waals surface area contributed by atoms with E-state index in [2.05, 4.69) is 11.9 Å². The second-order valence-corrected chi connectivity index (χ2v) is 3.90. The molecule has 0 bridgehead atoms. The van der Waals surface area contributed by atoms with Crippen LogP contribution in [0.15, 0.2) is 22.5 Å². The van der Waals surface area contributed by atoms with Crippen molar-refractivity contribution in [3.8, 4) is 0 Å². The molecule has 1 aromatic rings. The van der Waals surface area contributed by atoms with E-state index in [0.29, 0.717) is 5.84 Å². The maximum Gasteiger partial charge on any atom is 0.135 e. The lowest BCUT2D eigenvalue weighted by atomic mass is 10.2. The summed E-state index contributed by atoms with van der Waals surface area (Å²) in [7, 11) is 0. The first-order valence-corrected chi connectivity index (χ1v) is 5.56. The molecule has 0 atom stereocenters. The molecule has 0 aliphatic carbocycles. The van der Waals surface area contributed by atoms with Crippen molar-refractivity contribution in [2.24, 2.45) is 10.7 Å². The van der Waals surface area contributed by atoms with Crippen molar-refractivity contribution in [2.45, 2.75) is 26.2 Å². The average molecular weight is 196 g/mol. The molecule has 13 heavy (non-hydrogen) atoms. The minimum absolute atomic E-state index is 0.686. The highest BCUT2D eigenvalue weighted by molar-refractivity contribution is 7.12. The number of hydrogen-bond acceptors (Lipinski definition) is 2. The first kappa shape index (κ1) is 10.3. The van der Waals surface area contributed by atoms with Crippen LogP contribution < -0.4 is 5.73 Å². The molecular weight excluding hydrogens is 180 g/mol. The highest BCUT2D eigenvalue weighted by atomic mass is 32.1. The Kier molecular flexibility index (Phi) is 4.54. The van der Waals surface area contributed by atoms with Crippen LogP contribution in [0.1, 0.15) is 31.1 Å². The van der Waals surface area contributed by atoms with E-state index in [9.17, 15) is 0 Å². The van der Waals surface area contributed by atoms with E-state index in [1.54, 1.807) is 11.3 Å². The summed E-state index contributed by atoms with van der Waals surface area (Å²) in [4.78, 5) is 5.39. The van der Waals surface area contributed by atoms with Gasteiger partial charge in [0.1, 0.15) is 5.84 Å². The minimum Gasteiger partial charge on any atom is -0.383 e. The first-order valence-electron chi connectivity index (χ1n) is 4.68. The third kappa shape index (κ3) is 3.59. The van der Waals surface area contributed by atoms with Gasteiger partial charge in [0.15, 0.2) is 0 Å². The summed E-state index contributed by atoms with van der Waals surface area (Å²) in [6.45, 7) is 3.05. The molecule has 0 amide bonds. The smallest absolute Gasteiger partial charge is 0.135 e. The van der Waals surface area contributed by atoms with Gasteiger partial charge >= 0.3 is 0 Å². The van der Waals surface area contributed by atoms with E-state index >= 15 is 0 Å². The van der Waals surface area contributed by atoms with Crippen LogP contribution in [0.4, 0.5) is 0 Å². The number of thiophene rings is 1. The molecule has 0 saturated carbocycles. The van der Waals surface area contributed by atoms with Crippen LogP contribution in [0.5, 0.6) is 0 Å². The molecule has 0 saturated heterocycles. The topological polar surface area (TPSA) is 38.4 Å². The zero-order valence-corrected chi connectivity index (χ0v) is 8.81. The molecule has 1 heterocycles. The second-order valence-electron chi connectivity index (χ2n) is 2.95. The molecule has 2 N–H and O–H groups in total. The highest BCUT2D eigenvalue weighted by Crippen LogP contribution is 2.07. The van der Waals surface area contributed by atoms with Crippen molar-refractivity contribution in [3.63, 3.8) is 0 Å². The van der Waals surface area contributed by atoms with Crippen LogP contribution in [0, 0.1) is 0 Å². The van der Waals surface area contributed by atoms with Gasteiger partial charge < -0.3 is 5.73 Å². The van der Waals surface area contributed by atoms with E-state index in [4.69, 9.17) is 5.73 Å². The predicted octanol–water partition coefficient (Wildman–Crippen LogP) is 2.64. The van der Waals surface area contributed by atoms with Gasteiger partial charge in [-0.15, -0.1) is 11.3 Å². The second kappa shape index (κ2) is 5.75. The highest BCUT2D eigenvalue weighted by Gasteiger charge is 1.96. The Morgan fingerprint density at radius 3 is 3.00 bits per heavy atom. The zero-order valence-electron chi connectivity index (χ0n) is 7.99. The monoisotopic (exact) mass is 196 g/mol. The Labute approximate surface area is 83.5 Å². The molecule has 0 fully saturated rings. The third-order valence-electron chi connectivity index (χ3n) is 1.82. The molecule has 0 spiro atoms. The van der Waals surface area contributed by atoms with Crippen LogP contribution >= 0.6 is 11.3 Å². The normalized spacial score (nSPS) is 11.9. The molecule has 1 aromatic heterocycles. The van der Waals surface area contributed by atoms with E-state index < -0.39 is 0 Å². The molecular formula is C10H16N2S. The number of nitrogens with two attached hydrogens (primary N) is 1. The van der Waals surface area contributed by atoms with Crippen molar-refractivity contribution in [1.82, 2.24) is 0 Å². The van der Waals surface area contributed by atoms with Gasteiger partial charge in [0.2, 0.25) is 0 Å². The van der Waals surface area contributed by atoms with Crippen molar-refractivity contribution in [2.75, 3.05) is 6.54 Å². The summed E-state index contributed by atoms with van der Waals surface area (Å²) in [5, 5.41) is 2.02. The van der Waals surface area contributed by atoms with Crippen LogP contribution in [0.3, 0.4) is 0 Å². The van der Waals surface area contributed by atoms with Gasteiger partial charge in [-0.25, -0.2) is 0 Å². The number of aliphatic imine (C=N–C) groups is 1. The van der Waals surface area contributed by atoms with Crippen LogP contribution in [0.25, 0.3) is 0 Å². The van der Waals surface area contributed by atoms with E-state index in [1.165, 1.54) is 12.8 Å². The lowest BCUT2D eigenvalue weighted by Crippen LogP contribution is -2.12. The van der Waals surface area contributed by atoms with Crippen molar-refractivity contribution in [1.29, 1.82) is 0 Å². The summed E-state index contributed by atoms with van der Waals surface area (Å²) < 4.78 is 0. The summed E-state index contributed by atoms with van der Waals surface area (Å²) in [5.74, 6) is 0.686. The standard InChI is InChI=1S/C10H16N2S/c1-2-3-4-7-12-10(11)9-6-5-8-13-9/h5-6,8H,2-4,7H2,1H3,(H2,11,12). The number of hydrogen-bond donors (Lipinski definition) is 1. The molecule has 72 valence electrons. The third-order valence-corrected chi connectivity index (χ3v) is 2.71. The largest absolute Gasteiger partial charge is 0.383 e. The summed E-state index contributed by atoms with van der Waals surface area (Å²) in [6.07, 6.45) is 3.61. The number of amidine groups is 1. The molecule has 0 unspecified atom stereocenters. The Bertz CT molecular complexity index is 252. The van der Waals surface area contributed by atoms with Gasteiger partial charge in [0, 0.05) is 6.54 Å². The predicted molar refractivity (Wildman–Crippen MR) is 59.4 cm³/mol. The Hall–Kier alpha value is -0.830. The molecule has 0 aromatic carbocycles. The molecule has 3 heteroatoms. The number of unbranched alkanes of at least 4 members (excludes halogenated alkanes) is 2. The maximum atomic E-state index is 5.78. The van der Waals surface area contributed by atoms with Gasteiger partial charge in [-0.1, -0.05) is 25.8 Å². The van der Waals surface area contributed by atoms with Gasteiger partial charge in [-0.2, -0.15) is 0 Å². The summed E-state index contributed by atoms with van der Waals surface area (Å²) in [5.41, 5.74) is 5.78. The van der Waals surface area contributed by atoms with Crippen LogP contribution in [-0.2, 0) is 0 Å². The molecule has 0 radical (unpaired) electrons. The fraction of sp³-hybridized carbons (Fsp3) is 0.500. The van der Waals surface area contributed by atoms with Crippen molar-refractivity contribution in [3.05, 3.63) is 22.4 Å². The van der Waals surface area contributed by atoms with Gasteiger partial charge in [0.05, 0.1) is 4.88 Å². The number of rotatable bonds is 5. The molecule has 2 nitrogen and oxygen atoms in total. The Morgan fingerprint density at radius 1 is 1.54 bits per heavy atom. The quantitative estimate of drug-likeness (QED) is 0.439. The van der Waals surface area contributed by atoms with E-state index in [-0.39, 0.29) is 0 Å². The maximum absolute atomic E-state index is 5.78. The lowest BCUT2D eigenvalue weighted by Gasteiger charge is -1.96. The fourth-order valence-electron chi connectivity index (χ4n) is 1.06. The molecule has 0 aliphatic heterocycles. The van der Waals surface area contributed by atoms with Crippen molar-refractivity contribution < 1.29 is 0 Å². The Morgan fingerprint density at radius 2 is 2.38 bits per heavy atom. The van der Waals surface area contributed by atoms with Gasteiger partial charge in [0.25, 0.3) is 0 Å². The zero-order chi connectivity index (χ0) is 9.52. The molecule has 1 rings (SSSR count). The van der Waals surface area contributed by atoms with E-state index in [1.807, 2.05) is 17.5 Å². The first-order chi connectivity index (χ1) is 6.34. The lowest BCUT2D eigenvalue weighted by molar-refractivity contribution is 0.728. The SMILES string of the molecule is CCCCCN=C(N)c1cccs1. The summed E-state index contributed by atoms with van der Waals surface area (Å²) >= 11 is 1.64. The molecule has 0 aliphatic rings. The van der Waals surface area contributed by atoms with Crippen LogP contribution in [-0.4, -0.2) is 12.4 Å². The summed E-state index contributed by atoms with van der Waals surface area (Å²) in [6, 6.07) is 4.00.